The molecule has 2 heterocycles. The molecule has 1 aromatic carbocycles. The maximum atomic E-state index is 9.54. The van der Waals surface area contributed by atoms with Crippen LogP contribution in [0, 0.1) is 11.3 Å². The van der Waals surface area contributed by atoms with Gasteiger partial charge in [-0.25, -0.2) is 0 Å². The van der Waals surface area contributed by atoms with Crippen LogP contribution in [0.25, 0.3) is 22.3 Å². The molecule has 0 spiro atoms. The Bertz CT molecular complexity index is 701. The van der Waals surface area contributed by atoms with E-state index in [2.05, 4.69) is 16.0 Å². The normalized spacial score (nSPS) is 9.95. The van der Waals surface area contributed by atoms with Crippen LogP contribution in [0.15, 0.2) is 67.3 Å². The van der Waals surface area contributed by atoms with Crippen molar-refractivity contribution in [2.45, 2.75) is 0 Å². The summed E-state index contributed by atoms with van der Waals surface area (Å²) in [5.41, 5.74) is 4.50. The number of rotatable bonds is 2. The van der Waals surface area contributed by atoms with Crippen LogP contribution in [0.2, 0.25) is 0 Å². The highest BCUT2D eigenvalue weighted by Crippen LogP contribution is 2.31. The molecule has 2 aromatic heterocycles. The molecular weight excluding hydrogens is 246 g/mol. The van der Waals surface area contributed by atoms with E-state index < -0.39 is 0 Å². The van der Waals surface area contributed by atoms with Crippen molar-refractivity contribution in [1.82, 2.24) is 9.97 Å². The van der Waals surface area contributed by atoms with E-state index in [-0.39, 0.29) is 0 Å². The first kappa shape index (κ1) is 12.1. The van der Waals surface area contributed by atoms with Gasteiger partial charge in [0.05, 0.1) is 5.56 Å². The Labute approximate surface area is 117 Å². The second-order valence-corrected chi connectivity index (χ2v) is 4.31. The van der Waals surface area contributed by atoms with Crippen molar-refractivity contribution >= 4 is 0 Å². The van der Waals surface area contributed by atoms with E-state index in [1.54, 1.807) is 24.8 Å². The molecular formula is C17H11N3. The summed E-state index contributed by atoms with van der Waals surface area (Å²) in [6, 6.07) is 15.8. The van der Waals surface area contributed by atoms with Gasteiger partial charge in [0.25, 0.3) is 0 Å². The summed E-state index contributed by atoms with van der Waals surface area (Å²) in [7, 11) is 0. The fourth-order valence-corrected chi connectivity index (χ4v) is 2.22. The second kappa shape index (κ2) is 5.33. The Morgan fingerprint density at radius 3 is 1.55 bits per heavy atom. The molecule has 0 unspecified atom stereocenters. The van der Waals surface area contributed by atoms with Gasteiger partial charge in [0, 0.05) is 35.9 Å². The number of nitrogens with zero attached hydrogens (tertiary/aromatic N) is 3. The van der Waals surface area contributed by atoms with Gasteiger partial charge in [-0.05, 0) is 35.4 Å². The molecule has 0 aliphatic rings. The number of hydrogen-bond acceptors (Lipinski definition) is 3. The van der Waals surface area contributed by atoms with E-state index in [1.807, 2.05) is 42.5 Å². The third-order valence-electron chi connectivity index (χ3n) is 3.16. The fourth-order valence-electron chi connectivity index (χ4n) is 2.22. The van der Waals surface area contributed by atoms with Crippen LogP contribution >= 0.6 is 0 Å². The summed E-state index contributed by atoms with van der Waals surface area (Å²) in [5, 5.41) is 9.54. The molecule has 3 heteroatoms. The number of benzene rings is 1. The Balaban J connectivity index is 2.22. The van der Waals surface area contributed by atoms with Crippen molar-refractivity contribution in [1.29, 1.82) is 5.26 Å². The first-order valence-electron chi connectivity index (χ1n) is 6.24. The van der Waals surface area contributed by atoms with Crippen LogP contribution in [0.5, 0.6) is 0 Å². The molecule has 0 aliphatic heterocycles. The van der Waals surface area contributed by atoms with Crippen LogP contribution < -0.4 is 0 Å². The lowest BCUT2D eigenvalue weighted by Gasteiger charge is -2.09. The summed E-state index contributed by atoms with van der Waals surface area (Å²) in [5.74, 6) is 0. The van der Waals surface area contributed by atoms with Gasteiger partial charge < -0.3 is 0 Å². The zero-order valence-electron chi connectivity index (χ0n) is 10.7. The predicted molar refractivity (Wildman–Crippen MR) is 77.6 cm³/mol. The average Bonchev–Trinajstić information content (AvgIpc) is 2.55. The summed E-state index contributed by atoms with van der Waals surface area (Å²) in [4.78, 5) is 8.03. The number of aromatic nitrogens is 2. The topological polar surface area (TPSA) is 49.6 Å². The maximum absolute atomic E-state index is 9.54. The van der Waals surface area contributed by atoms with Gasteiger partial charge in [0.2, 0.25) is 0 Å². The van der Waals surface area contributed by atoms with Crippen LogP contribution in [0.1, 0.15) is 5.56 Å². The molecule has 3 aromatic rings. The standard InChI is InChI=1S/C17H11N3/c18-12-17-15(13-4-8-19-9-5-13)2-1-3-16(17)14-6-10-20-11-7-14/h1-11H. The van der Waals surface area contributed by atoms with Crippen molar-refractivity contribution < 1.29 is 0 Å². The molecule has 0 saturated heterocycles. The maximum Gasteiger partial charge on any atom is 0.100 e. The number of hydrogen-bond donors (Lipinski definition) is 0. The average molecular weight is 257 g/mol. The SMILES string of the molecule is N#Cc1c(-c2ccncc2)cccc1-c1ccncc1. The van der Waals surface area contributed by atoms with Crippen molar-refractivity contribution in [3.63, 3.8) is 0 Å². The van der Waals surface area contributed by atoms with Crippen LogP contribution in [0.3, 0.4) is 0 Å². The minimum atomic E-state index is 0.671. The molecule has 0 bridgehead atoms. The van der Waals surface area contributed by atoms with Crippen LogP contribution in [-0.2, 0) is 0 Å². The van der Waals surface area contributed by atoms with E-state index in [0.29, 0.717) is 5.56 Å². The van der Waals surface area contributed by atoms with E-state index >= 15 is 0 Å². The third-order valence-corrected chi connectivity index (χ3v) is 3.16. The summed E-state index contributed by atoms with van der Waals surface area (Å²) in [6.07, 6.45) is 6.93. The molecule has 0 saturated carbocycles. The van der Waals surface area contributed by atoms with Gasteiger partial charge in [-0.3, -0.25) is 9.97 Å². The van der Waals surface area contributed by atoms with Crippen LogP contribution in [-0.4, -0.2) is 9.97 Å². The Kier molecular flexibility index (Phi) is 3.22. The lowest BCUT2D eigenvalue weighted by atomic mass is 9.93. The van der Waals surface area contributed by atoms with E-state index in [0.717, 1.165) is 22.3 Å². The Hall–Kier alpha value is -2.99. The van der Waals surface area contributed by atoms with E-state index in [1.165, 1.54) is 0 Å². The van der Waals surface area contributed by atoms with Crippen molar-refractivity contribution in [3.05, 3.63) is 72.8 Å². The van der Waals surface area contributed by atoms with Crippen molar-refractivity contribution in [2.75, 3.05) is 0 Å². The highest BCUT2D eigenvalue weighted by atomic mass is 14.6. The predicted octanol–water partition coefficient (Wildman–Crippen LogP) is 3.68. The summed E-state index contributed by atoms with van der Waals surface area (Å²) < 4.78 is 0. The van der Waals surface area contributed by atoms with Crippen molar-refractivity contribution in [2.24, 2.45) is 0 Å². The van der Waals surface area contributed by atoms with Crippen LogP contribution in [0.4, 0.5) is 0 Å². The van der Waals surface area contributed by atoms with E-state index in [9.17, 15) is 5.26 Å². The molecule has 0 radical (unpaired) electrons. The molecule has 0 atom stereocenters. The number of pyridine rings is 2. The molecule has 0 N–H and O–H groups in total. The molecule has 3 nitrogen and oxygen atoms in total. The Morgan fingerprint density at radius 1 is 0.700 bits per heavy atom. The fraction of sp³-hybridized carbons (Fsp3) is 0. The van der Waals surface area contributed by atoms with Gasteiger partial charge >= 0.3 is 0 Å². The zero-order valence-corrected chi connectivity index (χ0v) is 10.7. The quantitative estimate of drug-likeness (QED) is 0.703. The third kappa shape index (κ3) is 2.15. The monoisotopic (exact) mass is 257 g/mol. The first-order valence-corrected chi connectivity index (χ1v) is 6.24. The highest BCUT2D eigenvalue weighted by molar-refractivity contribution is 5.81. The highest BCUT2D eigenvalue weighted by Gasteiger charge is 2.10. The number of nitriles is 1. The lowest BCUT2D eigenvalue weighted by molar-refractivity contribution is 1.32. The Morgan fingerprint density at radius 2 is 1.15 bits per heavy atom. The second-order valence-electron chi connectivity index (χ2n) is 4.31. The van der Waals surface area contributed by atoms with Gasteiger partial charge in [-0.1, -0.05) is 18.2 Å². The molecule has 20 heavy (non-hydrogen) atoms. The first-order chi connectivity index (χ1) is 9.90. The smallest absolute Gasteiger partial charge is 0.100 e. The molecule has 0 amide bonds. The van der Waals surface area contributed by atoms with Gasteiger partial charge in [0.15, 0.2) is 0 Å². The van der Waals surface area contributed by atoms with E-state index in [4.69, 9.17) is 0 Å². The molecule has 0 fully saturated rings. The molecule has 0 aliphatic carbocycles. The van der Waals surface area contributed by atoms with Gasteiger partial charge in [-0.15, -0.1) is 0 Å². The largest absolute Gasteiger partial charge is 0.265 e. The summed E-state index contributed by atoms with van der Waals surface area (Å²) >= 11 is 0. The minimum absolute atomic E-state index is 0.671. The van der Waals surface area contributed by atoms with Gasteiger partial charge in [0.1, 0.15) is 6.07 Å². The van der Waals surface area contributed by atoms with Gasteiger partial charge in [-0.2, -0.15) is 5.26 Å². The minimum Gasteiger partial charge on any atom is -0.265 e. The molecule has 94 valence electrons. The van der Waals surface area contributed by atoms with Crippen molar-refractivity contribution in [3.8, 4) is 28.3 Å². The summed E-state index contributed by atoms with van der Waals surface area (Å²) in [6.45, 7) is 0. The zero-order chi connectivity index (χ0) is 13.8. The molecule has 3 rings (SSSR count). The lowest BCUT2D eigenvalue weighted by Crippen LogP contribution is -1.90.